The van der Waals surface area contributed by atoms with Gasteiger partial charge in [-0.05, 0) is 63.6 Å². The second kappa shape index (κ2) is 9.51. The van der Waals surface area contributed by atoms with Crippen molar-refractivity contribution in [3.63, 3.8) is 0 Å². The molecule has 4 rings (SSSR count). The highest BCUT2D eigenvalue weighted by atomic mass is 35.5. The lowest BCUT2D eigenvalue weighted by molar-refractivity contribution is -0.138. The van der Waals surface area contributed by atoms with E-state index in [1.807, 2.05) is 13.8 Å². The molecule has 1 aromatic rings. The van der Waals surface area contributed by atoms with Gasteiger partial charge in [0.25, 0.3) is 5.91 Å². The van der Waals surface area contributed by atoms with Crippen LogP contribution in [0.2, 0.25) is 0 Å². The number of carbonyl (C=O) groups excluding carboxylic acids is 1. The van der Waals surface area contributed by atoms with E-state index in [4.69, 9.17) is 21.4 Å². The van der Waals surface area contributed by atoms with Gasteiger partial charge in [0.1, 0.15) is 0 Å². The van der Waals surface area contributed by atoms with E-state index < -0.39 is 12.0 Å². The van der Waals surface area contributed by atoms with Crippen LogP contribution in [0.4, 0.5) is 8.78 Å². The van der Waals surface area contributed by atoms with Gasteiger partial charge in [-0.3, -0.25) is 4.79 Å². The first-order valence-electron chi connectivity index (χ1n) is 11.2. The van der Waals surface area contributed by atoms with Crippen LogP contribution in [0, 0.1) is 11.3 Å². The zero-order valence-electron chi connectivity index (χ0n) is 18.5. The summed E-state index contributed by atoms with van der Waals surface area (Å²) in [6.07, 6.45) is 3.84. The van der Waals surface area contributed by atoms with Gasteiger partial charge < -0.3 is 14.4 Å². The lowest BCUT2D eigenvalue weighted by Gasteiger charge is -2.35. The van der Waals surface area contributed by atoms with Gasteiger partial charge in [-0.1, -0.05) is 0 Å². The number of hydrogen-bond donors (Lipinski definition) is 0. The molecule has 0 bridgehead atoms. The first-order chi connectivity index (χ1) is 15.3. The van der Waals surface area contributed by atoms with Crippen molar-refractivity contribution in [3.8, 4) is 11.5 Å². The van der Waals surface area contributed by atoms with Crippen LogP contribution in [0.15, 0.2) is 23.3 Å². The van der Waals surface area contributed by atoms with Crippen LogP contribution in [0.3, 0.4) is 0 Å². The van der Waals surface area contributed by atoms with Gasteiger partial charge in [-0.2, -0.15) is 13.9 Å². The highest BCUT2D eigenvalue weighted by Crippen LogP contribution is 2.39. The first kappa shape index (κ1) is 23.2. The molecule has 2 aliphatic heterocycles. The largest absolute Gasteiger partial charge is 0.489 e. The van der Waals surface area contributed by atoms with Crippen LogP contribution in [0.25, 0.3) is 0 Å². The molecule has 1 aliphatic carbocycles. The Balaban J connectivity index is 1.57. The molecule has 1 saturated carbocycles. The minimum absolute atomic E-state index is 0.00403. The number of carbonyl (C=O) groups is 1. The standard InChI is InChI=1S/C23H30ClF2N3O3/c1-23(2)20(27-29(21(23)30)17-7-10-28(11-8-17)12-9-24)16-5-6-18(32-22(25)26)19(13-16)31-14-15-3-4-15/h5-6,13,15,17,22H,3-4,7-12,14H2,1-2H3. The number of hydrogen-bond acceptors (Lipinski definition) is 5. The first-order valence-corrected chi connectivity index (χ1v) is 11.8. The summed E-state index contributed by atoms with van der Waals surface area (Å²) in [5.41, 5.74) is 0.468. The zero-order chi connectivity index (χ0) is 22.9. The molecule has 176 valence electrons. The lowest BCUT2D eigenvalue weighted by atomic mass is 9.83. The fourth-order valence-electron chi connectivity index (χ4n) is 4.29. The van der Waals surface area contributed by atoms with E-state index in [1.54, 1.807) is 17.1 Å². The third-order valence-electron chi connectivity index (χ3n) is 6.45. The van der Waals surface area contributed by atoms with Crippen molar-refractivity contribution >= 4 is 23.2 Å². The van der Waals surface area contributed by atoms with E-state index in [2.05, 4.69) is 9.64 Å². The molecule has 0 N–H and O–H groups in total. The van der Waals surface area contributed by atoms with Crippen LogP contribution < -0.4 is 9.47 Å². The Kier molecular flexibility index (Phi) is 6.91. The van der Waals surface area contributed by atoms with Crippen molar-refractivity contribution in [2.24, 2.45) is 16.4 Å². The minimum Gasteiger partial charge on any atom is -0.489 e. The van der Waals surface area contributed by atoms with Crippen molar-refractivity contribution in [1.82, 2.24) is 9.91 Å². The van der Waals surface area contributed by atoms with Crippen molar-refractivity contribution in [3.05, 3.63) is 23.8 Å². The average Bonchev–Trinajstić information content (AvgIpc) is 3.55. The predicted molar refractivity (Wildman–Crippen MR) is 119 cm³/mol. The van der Waals surface area contributed by atoms with Crippen LogP contribution >= 0.6 is 11.6 Å². The van der Waals surface area contributed by atoms with E-state index in [9.17, 15) is 13.6 Å². The molecule has 6 nitrogen and oxygen atoms in total. The molecule has 1 amide bonds. The summed E-state index contributed by atoms with van der Waals surface area (Å²) in [4.78, 5) is 15.6. The van der Waals surface area contributed by atoms with Gasteiger partial charge >= 0.3 is 6.61 Å². The Bertz CT molecular complexity index is 868. The minimum atomic E-state index is -2.94. The van der Waals surface area contributed by atoms with Gasteiger partial charge in [0, 0.05) is 31.1 Å². The summed E-state index contributed by atoms with van der Waals surface area (Å²) in [5.74, 6) is 1.26. The third kappa shape index (κ3) is 5.01. The van der Waals surface area contributed by atoms with E-state index in [0.717, 1.165) is 45.3 Å². The number of rotatable bonds is 9. The van der Waals surface area contributed by atoms with Crippen LogP contribution in [-0.2, 0) is 4.79 Å². The summed E-state index contributed by atoms with van der Waals surface area (Å²) < 4.78 is 36.2. The molecule has 3 aliphatic rings. The highest BCUT2D eigenvalue weighted by molar-refractivity contribution is 6.19. The number of alkyl halides is 3. The summed E-state index contributed by atoms with van der Waals surface area (Å²) in [5, 5.41) is 6.36. The SMILES string of the molecule is CC1(C)C(=O)N(C2CCN(CCCl)CC2)N=C1c1ccc(OC(F)F)c(OCC2CC2)c1. The summed E-state index contributed by atoms with van der Waals surface area (Å²) in [6, 6.07) is 4.85. The molecule has 0 unspecified atom stereocenters. The Labute approximate surface area is 192 Å². The molecule has 0 aromatic heterocycles. The molecular weight excluding hydrogens is 440 g/mol. The van der Waals surface area contributed by atoms with Crippen LogP contribution in [-0.4, -0.2) is 66.3 Å². The number of amides is 1. The highest BCUT2D eigenvalue weighted by Gasteiger charge is 2.46. The fraction of sp³-hybridized carbons (Fsp3) is 0.652. The summed E-state index contributed by atoms with van der Waals surface area (Å²) >= 11 is 5.85. The topological polar surface area (TPSA) is 54.4 Å². The summed E-state index contributed by atoms with van der Waals surface area (Å²) in [6.45, 7) is 3.84. The lowest BCUT2D eigenvalue weighted by Crippen LogP contribution is -2.46. The second-order valence-corrected chi connectivity index (χ2v) is 9.66. The molecule has 0 spiro atoms. The molecule has 9 heteroatoms. The molecule has 1 aromatic carbocycles. The van der Waals surface area contributed by atoms with E-state index in [-0.39, 0.29) is 23.4 Å². The molecule has 2 heterocycles. The maximum Gasteiger partial charge on any atom is 0.387 e. The Hall–Kier alpha value is -1.93. The number of halogens is 3. The van der Waals surface area contributed by atoms with Gasteiger partial charge in [-0.25, -0.2) is 5.01 Å². The predicted octanol–water partition coefficient (Wildman–Crippen LogP) is 4.35. The van der Waals surface area contributed by atoms with E-state index >= 15 is 0 Å². The van der Waals surface area contributed by atoms with Crippen LogP contribution in [0.5, 0.6) is 11.5 Å². The van der Waals surface area contributed by atoms with Crippen molar-refractivity contribution in [2.75, 3.05) is 32.1 Å². The van der Waals surface area contributed by atoms with E-state index in [1.165, 1.54) is 6.07 Å². The molecule has 2 fully saturated rings. The van der Waals surface area contributed by atoms with Gasteiger partial charge in [-0.15, -0.1) is 11.6 Å². The maximum absolute atomic E-state index is 13.3. The summed E-state index contributed by atoms with van der Waals surface area (Å²) in [7, 11) is 0. The second-order valence-electron chi connectivity index (χ2n) is 9.28. The molecule has 0 atom stereocenters. The third-order valence-corrected chi connectivity index (χ3v) is 6.62. The van der Waals surface area contributed by atoms with Gasteiger partial charge in [0.15, 0.2) is 11.5 Å². The molecule has 32 heavy (non-hydrogen) atoms. The monoisotopic (exact) mass is 469 g/mol. The number of hydrazone groups is 1. The zero-order valence-corrected chi connectivity index (χ0v) is 19.3. The number of nitrogens with zero attached hydrogens (tertiary/aromatic N) is 3. The molecular formula is C23H30ClF2N3O3. The Morgan fingerprint density at radius 1 is 1.19 bits per heavy atom. The average molecular weight is 470 g/mol. The quantitative estimate of drug-likeness (QED) is 0.504. The van der Waals surface area contributed by atoms with Crippen molar-refractivity contribution in [1.29, 1.82) is 0 Å². The number of ether oxygens (including phenoxy) is 2. The van der Waals surface area contributed by atoms with Gasteiger partial charge in [0.05, 0.1) is 23.8 Å². The van der Waals surface area contributed by atoms with Gasteiger partial charge in [0.2, 0.25) is 0 Å². The molecule has 1 saturated heterocycles. The maximum atomic E-state index is 13.3. The normalized spacial score (nSPS) is 21.9. The number of likely N-dealkylation sites (tertiary alicyclic amines) is 1. The number of piperidine rings is 1. The van der Waals surface area contributed by atoms with E-state index in [0.29, 0.717) is 29.7 Å². The fourth-order valence-corrected chi connectivity index (χ4v) is 4.53. The van der Waals surface area contributed by atoms with Crippen LogP contribution in [0.1, 0.15) is 45.1 Å². The molecule has 0 radical (unpaired) electrons. The Morgan fingerprint density at radius 3 is 2.53 bits per heavy atom. The van der Waals surface area contributed by atoms with Crippen molar-refractivity contribution in [2.45, 2.75) is 52.2 Å². The van der Waals surface area contributed by atoms with Crippen molar-refractivity contribution < 1.29 is 23.0 Å². The number of benzene rings is 1. The Morgan fingerprint density at radius 2 is 1.91 bits per heavy atom. The smallest absolute Gasteiger partial charge is 0.387 e.